The lowest BCUT2D eigenvalue weighted by molar-refractivity contribution is -0.394. The van der Waals surface area contributed by atoms with Crippen molar-refractivity contribution in [3.63, 3.8) is 0 Å². The highest BCUT2D eigenvalue weighted by molar-refractivity contribution is 5.73. The third-order valence-corrected chi connectivity index (χ3v) is 14.1. The van der Waals surface area contributed by atoms with Crippen LogP contribution in [0.15, 0.2) is 0 Å². The fourth-order valence-corrected chi connectivity index (χ4v) is 9.75. The van der Waals surface area contributed by atoms with Crippen LogP contribution in [-0.4, -0.2) is 328 Å². The van der Waals surface area contributed by atoms with E-state index in [1.807, 2.05) is 6.92 Å². The van der Waals surface area contributed by atoms with Gasteiger partial charge in [-0.15, -0.1) is 0 Å². The summed E-state index contributed by atoms with van der Waals surface area (Å²) in [4.78, 5) is 12.8. The van der Waals surface area contributed by atoms with Crippen LogP contribution in [0.25, 0.3) is 0 Å². The van der Waals surface area contributed by atoms with Crippen LogP contribution in [0.4, 0.5) is 0 Å². The number of hydrogen-bond acceptors (Lipinski definition) is 31. The number of rotatable bonds is 23. The van der Waals surface area contributed by atoms with E-state index in [1.165, 1.54) is 0 Å². The van der Waals surface area contributed by atoms with Crippen LogP contribution in [0.1, 0.15) is 39.5 Å². The molecule has 0 spiro atoms. The molecule has 0 saturated carbocycles. The lowest BCUT2D eigenvalue weighted by Gasteiger charge is -2.51. The fraction of sp³-hybridized carbons (Fsp3) is 0.977. The first-order valence-corrected chi connectivity index (χ1v) is 25.1. The highest BCUT2D eigenvalue weighted by atomic mass is 16.8. The van der Waals surface area contributed by atoms with Crippen molar-refractivity contribution in [1.82, 2.24) is 5.32 Å². The summed E-state index contributed by atoms with van der Waals surface area (Å²) in [6.07, 6.45) is -51.3. The number of nitrogens with one attached hydrogen (secondary N) is 1. The zero-order chi connectivity index (χ0) is 55.9. The number of carbonyl (C=O) groups excluding carboxylic acids is 1. The maximum Gasteiger partial charge on any atom is 0.217 e. The van der Waals surface area contributed by atoms with Crippen molar-refractivity contribution in [2.45, 2.75) is 224 Å². The van der Waals surface area contributed by atoms with Gasteiger partial charge in [-0.05, 0) is 6.42 Å². The topological polar surface area (TPSA) is 504 Å². The van der Waals surface area contributed by atoms with Crippen molar-refractivity contribution in [2.75, 3.05) is 46.2 Å². The Morgan fingerprint density at radius 2 is 0.737 bits per heavy atom. The lowest BCUT2D eigenvalue weighted by Crippen LogP contribution is -2.70. The van der Waals surface area contributed by atoms with Gasteiger partial charge in [-0.3, -0.25) is 4.79 Å². The first-order valence-electron chi connectivity index (χ1n) is 25.1. The molecule has 6 saturated heterocycles. The van der Waals surface area contributed by atoms with Gasteiger partial charge in [0.1, 0.15) is 146 Å². The first kappa shape index (κ1) is 63.5. The summed E-state index contributed by atoms with van der Waals surface area (Å²) in [6, 6.07) is -1.81. The molecule has 6 aliphatic rings. The van der Waals surface area contributed by atoms with E-state index in [4.69, 9.17) is 56.8 Å². The zero-order valence-corrected chi connectivity index (χ0v) is 41.5. The molecule has 1 amide bonds. The second-order valence-electron chi connectivity index (χ2n) is 19.4. The quantitative estimate of drug-likeness (QED) is 0.0423. The van der Waals surface area contributed by atoms with Crippen LogP contribution in [-0.2, 0) is 61.6 Å². The second kappa shape index (κ2) is 28.8. The van der Waals surface area contributed by atoms with Gasteiger partial charge in [-0.25, -0.2) is 0 Å². The van der Waals surface area contributed by atoms with Crippen LogP contribution in [0.5, 0.6) is 0 Å². The van der Waals surface area contributed by atoms with Crippen LogP contribution >= 0.6 is 0 Å². The summed E-state index contributed by atoms with van der Waals surface area (Å²) in [5.74, 6) is -0.877. The first-order chi connectivity index (χ1) is 36.2. The van der Waals surface area contributed by atoms with Gasteiger partial charge in [0.2, 0.25) is 5.91 Å². The Morgan fingerprint density at radius 1 is 0.368 bits per heavy atom. The molecular formula is C44H77NO31. The predicted molar refractivity (Wildman–Crippen MR) is 239 cm³/mol. The molecule has 19 N–H and O–H groups in total. The zero-order valence-electron chi connectivity index (χ0n) is 41.5. The van der Waals surface area contributed by atoms with Gasteiger partial charge < -0.3 is 154 Å². The van der Waals surface area contributed by atoms with E-state index in [1.54, 1.807) is 0 Å². The Kier molecular flexibility index (Phi) is 24.0. The molecule has 12 unspecified atom stereocenters. The summed E-state index contributed by atoms with van der Waals surface area (Å²) in [5, 5.41) is 196. The standard InChI is InChI=1S/C44H77NO31/c1-3-4-5-6-7-65-40-31(62)28(59)34(19(12-50)70-40)72-42-32(63)29(60)35(20(13-51)71-42)73-43-33(64)37(25(56)18(11-49)68-43)75-39-21(45-14(2)52)36(24(55)17(10-48)66-39)74-44-38(27(58)23(54)16(9-47)69-44)76-41-30(61)26(57)22(53)15(8-46)67-41/h15-44,46-51,53-64H,3-13H2,1-2H3,(H,45,52)/t15?,16?,17?,18?,19?,20?,21?,22-,23+,24+,25+,26+,27+,28-,29-,30?,31?,32?,33?,34-,35+,36-,37+,38?,39+,40-,41+,42+,43-,44+/m1/s1. The Hall–Kier alpha value is -1.73. The van der Waals surface area contributed by atoms with Gasteiger partial charge in [-0.1, -0.05) is 26.2 Å². The van der Waals surface area contributed by atoms with Gasteiger partial charge in [0.25, 0.3) is 0 Å². The molecule has 0 aromatic heterocycles. The molecule has 0 aromatic rings. The minimum atomic E-state index is -2.22. The average molecular weight is 1120 g/mol. The molecule has 0 aliphatic carbocycles. The molecular weight excluding hydrogens is 1040 g/mol. The highest BCUT2D eigenvalue weighted by Gasteiger charge is 2.58. The maximum atomic E-state index is 12.8. The van der Waals surface area contributed by atoms with E-state index >= 15 is 0 Å². The van der Waals surface area contributed by atoms with Gasteiger partial charge in [-0.2, -0.15) is 0 Å². The summed E-state index contributed by atoms with van der Waals surface area (Å²) >= 11 is 0. The minimum absolute atomic E-state index is 0.162. The molecule has 6 rings (SSSR count). The van der Waals surface area contributed by atoms with Gasteiger partial charge in [0.05, 0.1) is 39.6 Å². The number of ether oxygens (including phenoxy) is 12. The SMILES string of the molecule is CCCCCCO[C@@H]1OC(CO)[C@@H](O[C@@H]2OC(CO)[C@H](O[C@H]3OC(CO)[C@H](O)[C@H](O[C@@H]4OC(CO)[C@H](O)[C@H](O[C@@H]5OC(CO)[C@H](O)[C@H](O)C5O[C@@H]5OC(CO)[C@@H](O)[C@H](O)C5O)C4NC(C)=O)C3O)[C@H](O)C2O)[C@H](O)C1O. The summed E-state index contributed by atoms with van der Waals surface area (Å²) < 4.78 is 69.0. The van der Waals surface area contributed by atoms with E-state index in [0.717, 1.165) is 26.2 Å². The number of hydrogen-bond donors (Lipinski definition) is 19. The van der Waals surface area contributed by atoms with E-state index in [-0.39, 0.29) is 6.61 Å². The molecule has 0 bridgehead atoms. The van der Waals surface area contributed by atoms with Crippen molar-refractivity contribution in [1.29, 1.82) is 0 Å². The van der Waals surface area contributed by atoms with E-state index in [0.29, 0.717) is 6.42 Å². The van der Waals surface area contributed by atoms with E-state index in [9.17, 15) is 96.7 Å². The number of aliphatic hydroxyl groups excluding tert-OH is 18. The van der Waals surface area contributed by atoms with Crippen molar-refractivity contribution < 1.29 is 154 Å². The Morgan fingerprint density at radius 3 is 1.25 bits per heavy atom. The average Bonchev–Trinajstić information content (AvgIpc) is 3.40. The van der Waals surface area contributed by atoms with Crippen LogP contribution in [0.2, 0.25) is 0 Å². The number of aliphatic hydroxyl groups is 18. The fourth-order valence-electron chi connectivity index (χ4n) is 9.75. The molecule has 76 heavy (non-hydrogen) atoms. The molecule has 0 radical (unpaired) electrons. The normalized spacial score (nSPS) is 48.4. The predicted octanol–water partition coefficient (Wildman–Crippen LogP) is -11.4. The van der Waals surface area contributed by atoms with Crippen molar-refractivity contribution in [3.8, 4) is 0 Å². The number of carbonyl (C=O) groups is 1. The second-order valence-corrected chi connectivity index (χ2v) is 19.4. The highest BCUT2D eigenvalue weighted by Crippen LogP contribution is 2.37. The van der Waals surface area contributed by atoms with Crippen molar-refractivity contribution in [3.05, 3.63) is 0 Å². The molecule has 6 aliphatic heterocycles. The molecule has 32 heteroatoms. The smallest absolute Gasteiger partial charge is 0.217 e. The summed E-state index contributed by atoms with van der Waals surface area (Å²) in [7, 11) is 0. The monoisotopic (exact) mass is 1120 g/mol. The summed E-state index contributed by atoms with van der Waals surface area (Å²) in [6.45, 7) is -2.54. The Bertz CT molecular complexity index is 1730. The molecule has 0 aromatic carbocycles. The van der Waals surface area contributed by atoms with Crippen LogP contribution in [0, 0.1) is 0 Å². The van der Waals surface area contributed by atoms with Crippen LogP contribution < -0.4 is 5.32 Å². The molecule has 6 fully saturated rings. The van der Waals surface area contributed by atoms with Gasteiger partial charge in [0.15, 0.2) is 37.7 Å². The number of unbranched alkanes of at least 4 members (excludes halogenated alkanes) is 3. The Balaban J connectivity index is 1.20. The molecule has 30 atom stereocenters. The summed E-state index contributed by atoms with van der Waals surface area (Å²) in [5.41, 5.74) is 0. The maximum absolute atomic E-state index is 12.8. The third kappa shape index (κ3) is 14.1. The lowest BCUT2D eigenvalue weighted by atomic mass is 9.94. The van der Waals surface area contributed by atoms with Crippen molar-refractivity contribution in [2.24, 2.45) is 0 Å². The van der Waals surface area contributed by atoms with E-state index in [2.05, 4.69) is 5.32 Å². The molecule has 6 heterocycles. The van der Waals surface area contributed by atoms with Crippen molar-refractivity contribution >= 4 is 5.91 Å². The van der Waals surface area contributed by atoms with Gasteiger partial charge in [0, 0.05) is 13.5 Å². The minimum Gasteiger partial charge on any atom is -0.394 e. The molecule has 32 nitrogen and oxygen atoms in total. The van der Waals surface area contributed by atoms with Crippen LogP contribution in [0.3, 0.4) is 0 Å². The third-order valence-electron chi connectivity index (χ3n) is 14.1. The van der Waals surface area contributed by atoms with E-state index < -0.39 is 230 Å². The Labute approximate surface area is 434 Å². The molecule has 444 valence electrons. The number of amides is 1. The van der Waals surface area contributed by atoms with Gasteiger partial charge >= 0.3 is 0 Å². The largest absolute Gasteiger partial charge is 0.394 e.